The van der Waals surface area contributed by atoms with Gasteiger partial charge in [-0.05, 0) is 30.7 Å². The van der Waals surface area contributed by atoms with Gasteiger partial charge in [0.05, 0.1) is 16.6 Å². The van der Waals surface area contributed by atoms with Crippen molar-refractivity contribution in [1.82, 2.24) is 9.97 Å². The van der Waals surface area contributed by atoms with Crippen LogP contribution in [-0.2, 0) is 9.84 Å². The molecule has 0 atom stereocenters. The topological polar surface area (TPSA) is 162 Å². The number of hydrogen-bond donors (Lipinski definition) is 1. The Morgan fingerprint density at radius 3 is 2.54 bits per heavy atom. The molecule has 10 nitrogen and oxygen atoms in total. The van der Waals surface area contributed by atoms with Crippen LogP contribution >= 0.6 is 0 Å². The SMILES string of the molecule is Cc1cc(Oc2nc(S(C)(=O)=O)nc(N)c2[N+](=O)[O-])ccc1C#N. The minimum Gasteiger partial charge on any atom is -0.434 e. The fraction of sp³-hybridized carbons (Fsp3) is 0.154. The van der Waals surface area contributed by atoms with Crippen molar-refractivity contribution in [3.63, 3.8) is 0 Å². The fourth-order valence-electron chi connectivity index (χ4n) is 1.78. The first kappa shape index (κ1) is 17.1. The number of nitriles is 1. The summed E-state index contributed by atoms with van der Waals surface area (Å²) in [4.78, 5) is 17.3. The number of ether oxygens (including phenoxy) is 1. The van der Waals surface area contributed by atoms with E-state index in [0.717, 1.165) is 6.26 Å². The van der Waals surface area contributed by atoms with Crippen LogP contribution in [0, 0.1) is 28.4 Å². The third-order valence-corrected chi connectivity index (χ3v) is 3.75. The van der Waals surface area contributed by atoms with E-state index in [1.165, 1.54) is 18.2 Å². The van der Waals surface area contributed by atoms with Crippen LogP contribution < -0.4 is 10.5 Å². The molecule has 0 saturated heterocycles. The molecule has 0 saturated carbocycles. The number of nitro groups is 1. The first-order valence-electron chi connectivity index (χ1n) is 6.34. The summed E-state index contributed by atoms with van der Waals surface area (Å²) in [6, 6.07) is 6.28. The number of benzene rings is 1. The molecular formula is C13H11N5O5S. The Morgan fingerprint density at radius 2 is 2.04 bits per heavy atom. The molecule has 0 bridgehead atoms. The number of nitrogens with two attached hydrogens (primary N) is 1. The summed E-state index contributed by atoms with van der Waals surface area (Å²) >= 11 is 0. The van der Waals surface area contributed by atoms with Gasteiger partial charge in [0.1, 0.15) is 5.75 Å². The van der Waals surface area contributed by atoms with Crippen LogP contribution in [0.15, 0.2) is 23.4 Å². The van der Waals surface area contributed by atoms with E-state index in [2.05, 4.69) is 9.97 Å². The molecule has 124 valence electrons. The molecule has 0 radical (unpaired) electrons. The number of aryl methyl sites for hydroxylation is 1. The van der Waals surface area contributed by atoms with Gasteiger partial charge in [-0.2, -0.15) is 15.2 Å². The second-order valence-corrected chi connectivity index (χ2v) is 6.67. The Hall–Kier alpha value is -3.26. The summed E-state index contributed by atoms with van der Waals surface area (Å²) < 4.78 is 28.5. The van der Waals surface area contributed by atoms with Crippen molar-refractivity contribution in [2.45, 2.75) is 12.1 Å². The van der Waals surface area contributed by atoms with Crippen LogP contribution in [0.3, 0.4) is 0 Å². The molecule has 1 aromatic carbocycles. The average Bonchev–Trinajstić information content (AvgIpc) is 2.45. The van der Waals surface area contributed by atoms with Gasteiger partial charge in [0.15, 0.2) is 0 Å². The van der Waals surface area contributed by atoms with Crippen LogP contribution in [0.4, 0.5) is 11.5 Å². The Kier molecular flexibility index (Phi) is 4.34. The van der Waals surface area contributed by atoms with E-state index in [1.807, 2.05) is 6.07 Å². The zero-order chi connectivity index (χ0) is 18.1. The van der Waals surface area contributed by atoms with Gasteiger partial charge in [0.2, 0.25) is 15.7 Å². The molecule has 11 heteroatoms. The molecule has 0 fully saturated rings. The second kappa shape index (κ2) is 6.09. The number of sulfone groups is 1. The van der Waals surface area contributed by atoms with Gasteiger partial charge in [-0.1, -0.05) is 0 Å². The molecular weight excluding hydrogens is 338 g/mol. The maximum atomic E-state index is 11.6. The highest BCUT2D eigenvalue weighted by Gasteiger charge is 2.28. The van der Waals surface area contributed by atoms with Crippen LogP contribution in [-0.4, -0.2) is 29.6 Å². The molecule has 2 N–H and O–H groups in total. The second-order valence-electron chi connectivity index (χ2n) is 4.77. The van der Waals surface area contributed by atoms with E-state index >= 15 is 0 Å². The lowest BCUT2D eigenvalue weighted by Crippen LogP contribution is -2.10. The van der Waals surface area contributed by atoms with Gasteiger partial charge in [-0.3, -0.25) is 10.1 Å². The van der Waals surface area contributed by atoms with Crippen molar-refractivity contribution < 1.29 is 18.1 Å². The molecule has 0 aliphatic heterocycles. The predicted octanol–water partition coefficient (Wildman–Crippen LogP) is 1.34. The summed E-state index contributed by atoms with van der Waals surface area (Å²) in [5.41, 5.74) is 5.69. The minimum atomic E-state index is -3.85. The van der Waals surface area contributed by atoms with E-state index in [-0.39, 0.29) is 5.75 Å². The van der Waals surface area contributed by atoms with E-state index in [1.54, 1.807) is 6.92 Å². The fourth-order valence-corrected chi connectivity index (χ4v) is 2.29. The number of anilines is 1. The zero-order valence-electron chi connectivity index (χ0n) is 12.5. The van der Waals surface area contributed by atoms with Gasteiger partial charge < -0.3 is 10.5 Å². The molecule has 0 aliphatic rings. The number of nitrogen functional groups attached to an aromatic ring is 1. The standard InChI is InChI=1S/C13H11N5O5S/c1-7-5-9(4-3-8(7)6-14)23-12-10(18(19)20)11(15)16-13(17-12)24(2,21)22/h3-5H,1-2H3,(H2,15,16,17). The Morgan fingerprint density at radius 1 is 1.38 bits per heavy atom. The highest BCUT2D eigenvalue weighted by atomic mass is 32.2. The van der Waals surface area contributed by atoms with Gasteiger partial charge in [0, 0.05) is 6.26 Å². The zero-order valence-corrected chi connectivity index (χ0v) is 13.4. The highest BCUT2D eigenvalue weighted by Crippen LogP contribution is 2.34. The summed E-state index contributed by atoms with van der Waals surface area (Å²) in [7, 11) is -3.85. The van der Waals surface area contributed by atoms with Crippen LogP contribution in [0.1, 0.15) is 11.1 Å². The Balaban J connectivity index is 2.60. The lowest BCUT2D eigenvalue weighted by atomic mass is 10.1. The molecule has 0 aliphatic carbocycles. The maximum Gasteiger partial charge on any atom is 0.373 e. The van der Waals surface area contributed by atoms with Crippen LogP contribution in [0.2, 0.25) is 0 Å². The summed E-state index contributed by atoms with van der Waals surface area (Å²) in [5.74, 6) is -1.10. The van der Waals surface area contributed by atoms with Gasteiger partial charge in [-0.15, -0.1) is 0 Å². The van der Waals surface area contributed by atoms with Crippen LogP contribution in [0.5, 0.6) is 11.6 Å². The van der Waals surface area contributed by atoms with Gasteiger partial charge in [0.25, 0.3) is 5.16 Å². The third-order valence-electron chi connectivity index (χ3n) is 2.91. The van der Waals surface area contributed by atoms with Crippen molar-refractivity contribution in [3.8, 4) is 17.7 Å². The average molecular weight is 349 g/mol. The number of hydrogen-bond acceptors (Lipinski definition) is 9. The predicted molar refractivity (Wildman–Crippen MR) is 82.2 cm³/mol. The quantitative estimate of drug-likeness (QED) is 0.487. The largest absolute Gasteiger partial charge is 0.434 e. The van der Waals surface area contributed by atoms with Crippen LogP contribution in [0.25, 0.3) is 0 Å². The number of nitrogens with zero attached hydrogens (tertiary/aromatic N) is 4. The van der Waals surface area contributed by atoms with E-state index in [9.17, 15) is 18.5 Å². The van der Waals surface area contributed by atoms with E-state index in [0.29, 0.717) is 11.1 Å². The first-order valence-corrected chi connectivity index (χ1v) is 8.23. The van der Waals surface area contributed by atoms with Crippen molar-refractivity contribution in [3.05, 3.63) is 39.4 Å². The lowest BCUT2D eigenvalue weighted by Gasteiger charge is -2.09. The van der Waals surface area contributed by atoms with Gasteiger partial charge in [-0.25, -0.2) is 8.42 Å². The normalized spacial score (nSPS) is 10.9. The van der Waals surface area contributed by atoms with Gasteiger partial charge >= 0.3 is 11.6 Å². The monoisotopic (exact) mass is 349 g/mol. The summed E-state index contributed by atoms with van der Waals surface area (Å²) in [6.07, 6.45) is 0.837. The maximum absolute atomic E-state index is 11.6. The molecule has 2 rings (SSSR count). The lowest BCUT2D eigenvalue weighted by molar-refractivity contribution is -0.385. The molecule has 0 amide bonds. The molecule has 0 unspecified atom stereocenters. The van der Waals surface area contributed by atoms with Crippen molar-refractivity contribution in [2.75, 3.05) is 12.0 Å². The van der Waals surface area contributed by atoms with E-state index < -0.39 is 37.3 Å². The molecule has 1 aromatic heterocycles. The molecule has 1 heterocycles. The smallest absolute Gasteiger partial charge is 0.373 e. The molecule has 2 aromatic rings. The Labute approximate surface area is 136 Å². The minimum absolute atomic E-state index is 0.132. The van der Waals surface area contributed by atoms with Crippen molar-refractivity contribution >= 4 is 21.3 Å². The number of aromatic nitrogens is 2. The number of rotatable bonds is 4. The third kappa shape index (κ3) is 3.39. The summed E-state index contributed by atoms with van der Waals surface area (Å²) in [5, 5.41) is 19.3. The summed E-state index contributed by atoms with van der Waals surface area (Å²) in [6.45, 7) is 1.65. The molecule has 0 spiro atoms. The van der Waals surface area contributed by atoms with Crippen molar-refractivity contribution in [2.24, 2.45) is 0 Å². The highest BCUT2D eigenvalue weighted by molar-refractivity contribution is 7.90. The first-order chi connectivity index (χ1) is 11.1. The van der Waals surface area contributed by atoms with E-state index in [4.69, 9.17) is 15.7 Å². The Bertz CT molecular complexity index is 981. The molecule has 24 heavy (non-hydrogen) atoms. The van der Waals surface area contributed by atoms with Crippen molar-refractivity contribution in [1.29, 1.82) is 5.26 Å².